The van der Waals surface area contributed by atoms with E-state index in [1.165, 1.54) is 24.8 Å². The van der Waals surface area contributed by atoms with E-state index >= 15 is 0 Å². The summed E-state index contributed by atoms with van der Waals surface area (Å²) in [5.74, 6) is 4.59. The van der Waals surface area contributed by atoms with E-state index < -0.39 is 6.03 Å². The van der Waals surface area contributed by atoms with Gasteiger partial charge in [-0.15, -0.1) is 0 Å². The lowest BCUT2D eigenvalue weighted by atomic mass is 9.95. The zero-order chi connectivity index (χ0) is 11.0. The molecule has 0 heterocycles. The molecular weight excluding hydrogens is 186 g/mol. The zero-order valence-electron chi connectivity index (χ0n) is 8.11. The fourth-order valence-electron chi connectivity index (χ4n) is 0.676. The molecule has 1 fully saturated rings. The summed E-state index contributed by atoms with van der Waals surface area (Å²) in [7, 11) is 0. The number of carbonyl (C=O) groups excluding carboxylic acids is 1. The average molecular weight is 203 g/mol. The third-order valence-corrected chi connectivity index (χ3v) is 1.74. The van der Waals surface area contributed by atoms with Crippen LogP contribution in [0.1, 0.15) is 19.3 Å². The maximum atomic E-state index is 10.0. The molecule has 82 valence electrons. The quantitative estimate of drug-likeness (QED) is 0.350. The van der Waals surface area contributed by atoms with Crippen LogP contribution in [0.15, 0.2) is 12.2 Å². The average Bonchev–Trinajstić information content (AvgIpc) is 2.11. The van der Waals surface area contributed by atoms with Crippen LogP contribution in [0.4, 0.5) is 4.79 Å². The molecule has 0 radical (unpaired) electrons. The summed E-state index contributed by atoms with van der Waals surface area (Å²) in [6.45, 7) is 3.79. The number of hydrogen-bond acceptors (Lipinski definition) is 4. The molecule has 0 aromatic carbocycles. The van der Waals surface area contributed by atoms with Crippen LogP contribution >= 0.6 is 0 Å². The van der Waals surface area contributed by atoms with Gasteiger partial charge in [0.2, 0.25) is 0 Å². The van der Waals surface area contributed by atoms with E-state index in [1.807, 2.05) is 0 Å². The van der Waals surface area contributed by atoms with Crippen LogP contribution in [-0.2, 0) is 4.84 Å². The van der Waals surface area contributed by atoms with Crippen LogP contribution in [0.25, 0.3) is 0 Å². The minimum Gasteiger partial charge on any atom is -0.350 e. The molecule has 1 rings (SSSR count). The molecule has 1 aliphatic carbocycles. The molecule has 1 saturated carbocycles. The second kappa shape index (κ2) is 7.31. The van der Waals surface area contributed by atoms with Crippen molar-refractivity contribution in [3.8, 4) is 0 Å². The number of nitrogens with two attached hydrogens (primary N) is 2. The predicted molar refractivity (Wildman–Crippen MR) is 51.2 cm³/mol. The van der Waals surface area contributed by atoms with Gasteiger partial charge in [-0.05, 0) is 19.3 Å². The van der Waals surface area contributed by atoms with E-state index in [9.17, 15) is 4.79 Å². The summed E-state index contributed by atoms with van der Waals surface area (Å²) >= 11 is 0. The Balaban J connectivity index is 0.000000280. The number of hydrogen-bond donors (Lipinski definition) is 3. The van der Waals surface area contributed by atoms with Crippen LogP contribution in [0.3, 0.4) is 0 Å². The lowest BCUT2D eigenvalue weighted by molar-refractivity contribution is -0.0567. The molecule has 6 nitrogen and oxygen atoms in total. The van der Waals surface area contributed by atoms with E-state index in [2.05, 4.69) is 23.0 Å². The second-order valence-electron chi connectivity index (χ2n) is 2.94. The third-order valence-electron chi connectivity index (χ3n) is 1.74. The summed E-state index contributed by atoms with van der Waals surface area (Å²) in [6.07, 6.45) is 3.97. The normalized spacial score (nSPS) is 13.7. The number of allylic oxidation sites excluding steroid dienone is 1. The molecule has 1 aliphatic rings. The standard InChI is InChI=1S/C5H8.C3H9N3O3/c1-5-3-2-4-5;4-3(7)6(8)1-2-9-5/h1-4H2;8H,1-2,5H2,(H2,4,7). The number of nitrogens with zero attached hydrogens (tertiary/aromatic N) is 1. The first-order valence-corrected chi connectivity index (χ1v) is 4.32. The smallest absolute Gasteiger partial charge is 0.338 e. The van der Waals surface area contributed by atoms with Gasteiger partial charge < -0.3 is 10.6 Å². The summed E-state index contributed by atoms with van der Waals surface area (Å²) in [5.41, 5.74) is 6.05. The summed E-state index contributed by atoms with van der Waals surface area (Å²) in [6, 6.07) is -0.924. The Hall–Kier alpha value is -1.11. The Bertz CT molecular complexity index is 190. The van der Waals surface area contributed by atoms with E-state index in [0.29, 0.717) is 5.06 Å². The monoisotopic (exact) mass is 203 g/mol. The Morgan fingerprint density at radius 1 is 1.64 bits per heavy atom. The summed E-state index contributed by atoms with van der Waals surface area (Å²) in [5, 5.41) is 8.79. The number of hydroxylamine groups is 2. The molecule has 0 aliphatic heterocycles. The van der Waals surface area contributed by atoms with Crippen molar-refractivity contribution in [2.75, 3.05) is 13.2 Å². The maximum absolute atomic E-state index is 10.0. The van der Waals surface area contributed by atoms with Gasteiger partial charge in [-0.25, -0.2) is 15.8 Å². The van der Waals surface area contributed by atoms with E-state index in [-0.39, 0.29) is 13.2 Å². The van der Waals surface area contributed by atoms with Crippen LogP contribution in [-0.4, -0.2) is 29.5 Å². The minimum atomic E-state index is -0.924. The van der Waals surface area contributed by atoms with Gasteiger partial charge in [0.15, 0.2) is 0 Å². The zero-order valence-corrected chi connectivity index (χ0v) is 8.11. The van der Waals surface area contributed by atoms with Crippen molar-refractivity contribution < 1.29 is 14.8 Å². The van der Waals surface area contributed by atoms with E-state index in [4.69, 9.17) is 5.21 Å². The molecule has 0 unspecified atom stereocenters. The van der Waals surface area contributed by atoms with Gasteiger partial charge in [0.25, 0.3) is 0 Å². The number of primary amides is 1. The molecular formula is C8H17N3O3. The van der Waals surface area contributed by atoms with Gasteiger partial charge >= 0.3 is 6.03 Å². The minimum absolute atomic E-state index is 0.0220. The molecule has 0 atom stereocenters. The molecule has 2 amide bonds. The van der Waals surface area contributed by atoms with Crippen LogP contribution < -0.4 is 11.6 Å². The van der Waals surface area contributed by atoms with Crippen LogP contribution in [0.5, 0.6) is 0 Å². The number of amides is 2. The molecule has 0 saturated heterocycles. The predicted octanol–water partition coefficient (Wildman–Crippen LogP) is 0.373. The van der Waals surface area contributed by atoms with Crippen molar-refractivity contribution in [1.82, 2.24) is 5.06 Å². The van der Waals surface area contributed by atoms with Gasteiger partial charge in [0.05, 0.1) is 13.2 Å². The Morgan fingerprint density at radius 2 is 2.14 bits per heavy atom. The number of carbonyl (C=O) groups is 1. The van der Waals surface area contributed by atoms with Crippen LogP contribution in [0.2, 0.25) is 0 Å². The Morgan fingerprint density at radius 3 is 2.36 bits per heavy atom. The lowest BCUT2D eigenvalue weighted by Gasteiger charge is -2.11. The van der Waals surface area contributed by atoms with Crippen molar-refractivity contribution in [3.63, 3.8) is 0 Å². The maximum Gasteiger partial charge on any atom is 0.338 e. The largest absolute Gasteiger partial charge is 0.350 e. The van der Waals surface area contributed by atoms with Gasteiger partial charge in [0.1, 0.15) is 0 Å². The molecule has 0 aromatic heterocycles. The molecule has 6 heteroatoms. The summed E-state index contributed by atoms with van der Waals surface area (Å²) < 4.78 is 0. The van der Waals surface area contributed by atoms with Crippen molar-refractivity contribution in [2.45, 2.75) is 19.3 Å². The first kappa shape index (κ1) is 12.9. The molecule has 0 aromatic rings. The van der Waals surface area contributed by atoms with Crippen molar-refractivity contribution in [3.05, 3.63) is 12.2 Å². The fourth-order valence-corrected chi connectivity index (χ4v) is 0.676. The fraction of sp³-hybridized carbons (Fsp3) is 0.625. The van der Waals surface area contributed by atoms with Crippen molar-refractivity contribution in [1.29, 1.82) is 0 Å². The number of rotatable bonds is 3. The number of urea groups is 1. The van der Waals surface area contributed by atoms with Gasteiger partial charge in [-0.2, -0.15) is 0 Å². The van der Waals surface area contributed by atoms with E-state index in [0.717, 1.165) is 0 Å². The second-order valence-corrected chi connectivity index (χ2v) is 2.94. The third kappa shape index (κ3) is 6.41. The van der Waals surface area contributed by atoms with E-state index in [1.54, 1.807) is 0 Å². The van der Waals surface area contributed by atoms with Gasteiger partial charge in [0, 0.05) is 0 Å². The lowest BCUT2D eigenvalue weighted by Crippen LogP contribution is -2.35. The molecule has 14 heavy (non-hydrogen) atoms. The van der Waals surface area contributed by atoms with Crippen LogP contribution in [0, 0.1) is 0 Å². The Kier molecular flexibility index (Phi) is 6.73. The SMILES string of the molecule is C=C1CCC1.NOCCN(O)C(N)=O. The first-order valence-electron chi connectivity index (χ1n) is 4.32. The topological polar surface area (TPSA) is 102 Å². The van der Waals surface area contributed by atoms with Gasteiger partial charge in [-0.3, -0.25) is 5.21 Å². The molecule has 0 spiro atoms. The molecule has 5 N–H and O–H groups in total. The highest BCUT2D eigenvalue weighted by Gasteiger charge is 2.02. The van der Waals surface area contributed by atoms with Crippen molar-refractivity contribution >= 4 is 6.03 Å². The van der Waals surface area contributed by atoms with Gasteiger partial charge in [-0.1, -0.05) is 12.2 Å². The van der Waals surface area contributed by atoms with Crippen molar-refractivity contribution in [2.24, 2.45) is 11.6 Å². The highest BCUT2D eigenvalue weighted by molar-refractivity contribution is 5.70. The highest BCUT2D eigenvalue weighted by atomic mass is 16.6. The Labute approximate surface area is 83.0 Å². The summed E-state index contributed by atoms with van der Waals surface area (Å²) in [4.78, 5) is 14.1. The first-order chi connectivity index (χ1) is 6.57. The molecule has 0 bridgehead atoms. The highest BCUT2D eigenvalue weighted by Crippen LogP contribution is 2.21.